The summed E-state index contributed by atoms with van der Waals surface area (Å²) < 4.78 is 5.13. The maximum Gasteiger partial charge on any atom is 0.226 e. The molecule has 1 aliphatic heterocycles. The highest BCUT2D eigenvalue weighted by molar-refractivity contribution is 5.97. The molecule has 0 fully saturated rings. The molecule has 0 unspecified atom stereocenters. The smallest absolute Gasteiger partial charge is 0.226 e. The van der Waals surface area contributed by atoms with Gasteiger partial charge in [-0.15, -0.1) is 0 Å². The summed E-state index contributed by atoms with van der Waals surface area (Å²) >= 11 is 0. The Kier molecular flexibility index (Phi) is 2.50. The first-order valence-corrected chi connectivity index (χ1v) is 5.26. The molecule has 16 heavy (non-hydrogen) atoms. The van der Waals surface area contributed by atoms with Crippen molar-refractivity contribution in [1.82, 2.24) is 0 Å². The Hall–Kier alpha value is -1.71. The van der Waals surface area contributed by atoms with Crippen LogP contribution in [-0.2, 0) is 4.79 Å². The molecular weight excluding hydrogens is 204 g/mol. The van der Waals surface area contributed by atoms with Gasteiger partial charge in [0.25, 0.3) is 0 Å². The average molecular weight is 220 g/mol. The summed E-state index contributed by atoms with van der Waals surface area (Å²) in [6, 6.07) is 5.61. The van der Waals surface area contributed by atoms with E-state index in [-0.39, 0.29) is 11.4 Å². The van der Waals surface area contributed by atoms with Crippen molar-refractivity contribution in [1.29, 1.82) is 0 Å². The molecule has 0 bridgehead atoms. The molecular formula is C12H16N2O2. The van der Waals surface area contributed by atoms with Crippen molar-refractivity contribution in [2.75, 3.05) is 17.7 Å². The van der Waals surface area contributed by atoms with Crippen molar-refractivity contribution in [3.63, 3.8) is 0 Å². The number of hydrogen-bond acceptors (Lipinski definition) is 3. The van der Waals surface area contributed by atoms with Crippen LogP contribution in [0.3, 0.4) is 0 Å². The molecule has 1 aromatic rings. The monoisotopic (exact) mass is 220 g/mol. The second-order valence-electron chi connectivity index (χ2n) is 4.65. The zero-order valence-corrected chi connectivity index (χ0v) is 9.76. The lowest BCUT2D eigenvalue weighted by molar-refractivity contribution is -0.116. The van der Waals surface area contributed by atoms with Crippen LogP contribution < -0.4 is 15.4 Å². The van der Waals surface area contributed by atoms with E-state index in [1.165, 1.54) is 0 Å². The second-order valence-corrected chi connectivity index (χ2v) is 4.65. The molecule has 1 heterocycles. The van der Waals surface area contributed by atoms with Crippen molar-refractivity contribution in [2.24, 2.45) is 0 Å². The minimum Gasteiger partial charge on any atom is -0.497 e. The number of anilines is 2. The molecule has 0 aliphatic carbocycles. The van der Waals surface area contributed by atoms with E-state index in [4.69, 9.17) is 4.74 Å². The van der Waals surface area contributed by atoms with Crippen molar-refractivity contribution in [2.45, 2.75) is 25.8 Å². The largest absolute Gasteiger partial charge is 0.497 e. The van der Waals surface area contributed by atoms with Crippen LogP contribution in [0.1, 0.15) is 20.3 Å². The number of hydrogen-bond donors (Lipinski definition) is 2. The summed E-state index contributed by atoms with van der Waals surface area (Å²) in [4.78, 5) is 11.7. The third kappa shape index (κ3) is 2.10. The van der Waals surface area contributed by atoms with E-state index in [1.54, 1.807) is 7.11 Å². The number of methoxy groups -OCH3 is 1. The molecule has 0 saturated carbocycles. The number of nitrogens with one attached hydrogen (secondary N) is 2. The highest BCUT2D eigenvalue weighted by atomic mass is 16.5. The van der Waals surface area contributed by atoms with Crippen molar-refractivity contribution >= 4 is 17.3 Å². The lowest BCUT2D eigenvalue weighted by atomic mass is 10.0. The van der Waals surface area contributed by atoms with Crippen LogP contribution in [0.15, 0.2) is 18.2 Å². The summed E-state index contributed by atoms with van der Waals surface area (Å²) in [5.41, 5.74) is 1.47. The van der Waals surface area contributed by atoms with E-state index in [2.05, 4.69) is 10.6 Å². The molecule has 4 nitrogen and oxygen atoms in total. The molecule has 1 aromatic carbocycles. The van der Waals surface area contributed by atoms with Crippen LogP contribution in [0.4, 0.5) is 11.4 Å². The molecule has 86 valence electrons. The van der Waals surface area contributed by atoms with Gasteiger partial charge in [-0.05, 0) is 26.0 Å². The third-order valence-corrected chi connectivity index (χ3v) is 2.58. The maximum atomic E-state index is 11.7. The van der Waals surface area contributed by atoms with E-state index < -0.39 is 0 Å². The summed E-state index contributed by atoms with van der Waals surface area (Å²) in [5.74, 6) is 0.755. The van der Waals surface area contributed by atoms with Gasteiger partial charge >= 0.3 is 0 Å². The number of benzene rings is 1. The fourth-order valence-corrected chi connectivity index (χ4v) is 1.87. The molecule has 0 saturated heterocycles. The van der Waals surface area contributed by atoms with Gasteiger partial charge in [0, 0.05) is 18.0 Å². The molecule has 1 amide bonds. The predicted octanol–water partition coefficient (Wildman–Crippen LogP) is 2.23. The van der Waals surface area contributed by atoms with Crippen molar-refractivity contribution in [3.8, 4) is 5.75 Å². The van der Waals surface area contributed by atoms with Crippen molar-refractivity contribution in [3.05, 3.63) is 18.2 Å². The van der Waals surface area contributed by atoms with Gasteiger partial charge in [-0.3, -0.25) is 4.79 Å². The molecule has 0 spiro atoms. The van der Waals surface area contributed by atoms with E-state index in [9.17, 15) is 4.79 Å². The standard InChI is InChI=1S/C12H16N2O2/c1-12(2)7-11(15)13-10-6-8(16-3)4-5-9(10)14-12/h4-6,14H,7H2,1-3H3,(H,13,15). The zero-order chi connectivity index (χ0) is 11.8. The first kappa shape index (κ1) is 10.8. The Bertz CT molecular complexity index is 427. The Morgan fingerprint density at radius 1 is 1.31 bits per heavy atom. The van der Waals surface area contributed by atoms with E-state index in [0.29, 0.717) is 6.42 Å². The SMILES string of the molecule is COc1ccc2c(c1)NC(=O)CC(C)(C)N2. The van der Waals surface area contributed by atoms with Gasteiger partial charge in [0.1, 0.15) is 5.75 Å². The van der Waals surface area contributed by atoms with Gasteiger partial charge in [-0.25, -0.2) is 0 Å². The molecule has 0 atom stereocenters. The normalized spacial score (nSPS) is 17.8. The van der Waals surface area contributed by atoms with Gasteiger partial charge in [0.15, 0.2) is 0 Å². The van der Waals surface area contributed by atoms with E-state index in [0.717, 1.165) is 17.1 Å². The number of rotatable bonds is 1. The Morgan fingerprint density at radius 2 is 2.06 bits per heavy atom. The number of carbonyl (C=O) groups is 1. The van der Waals surface area contributed by atoms with Crippen LogP contribution in [-0.4, -0.2) is 18.6 Å². The lowest BCUT2D eigenvalue weighted by Gasteiger charge is -2.24. The molecule has 2 rings (SSSR count). The van der Waals surface area contributed by atoms with Gasteiger partial charge in [-0.2, -0.15) is 0 Å². The molecule has 0 radical (unpaired) electrons. The third-order valence-electron chi connectivity index (χ3n) is 2.58. The fraction of sp³-hybridized carbons (Fsp3) is 0.417. The Balaban J connectivity index is 2.42. The summed E-state index contributed by atoms with van der Waals surface area (Å²) in [6.45, 7) is 4.01. The summed E-state index contributed by atoms with van der Waals surface area (Å²) in [7, 11) is 1.61. The van der Waals surface area contributed by atoms with Gasteiger partial charge < -0.3 is 15.4 Å². The van der Waals surface area contributed by atoms with Crippen LogP contribution in [0, 0.1) is 0 Å². The highest BCUT2D eigenvalue weighted by Crippen LogP contribution is 2.32. The number of carbonyl (C=O) groups excluding carboxylic acids is 1. The number of ether oxygens (including phenoxy) is 1. The van der Waals surface area contributed by atoms with Crippen LogP contribution in [0.5, 0.6) is 5.75 Å². The van der Waals surface area contributed by atoms with Crippen LogP contribution >= 0.6 is 0 Å². The summed E-state index contributed by atoms with van der Waals surface area (Å²) in [5, 5.41) is 6.21. The predicted molar refractivity (Wildman–Crippen MR) is 63.9 cm³/mol. The maximum absolute atomic E-state index is 11.7. The fourth-order valence-electron chi connectivity index (χ4n) is 1.87. The summed E-state index contributed by atoms with van der Waals surface area (Å²) in [6.07, 6.45) is 0.448. The van der Waals surface area contributed by atoms with E-state index >= 15 is 0 Å². The van der Waals surface area contributed by atoms with Gasteiger partial charge in [0.2, 0.25) is 5.91 Å². The number of fused-ring (bicyclic) bond motifs is 1. The topological polar surface area (TPSA) is 50.4 Å². The van der Waals surface area contributed by atoms with Crippen molar-refractivity contribution < 1.29 is 9.53 Å². The minimum absolute atomic E-state index is 0.0181. The molecule has 1 aliphatic rings. The number of amides is 1. The zero-order valence-electron chi connectivity index (χ0n) is 9.76. The quantitative estimate of drug-likeness (QED) is 0.763. The first-order chi connectivity index (χ1) is 7.50. The molecule has 4 heteroatoms. The Labute approximate surface area is 95.0 Å². The molecule has 0 aromatic heterocycles. The van der Waals surface area contributed by atoms with Crippen LogP contribution in [0.2, 0.25) is 0 Å². The Morgan fingerprint density at radius 3 is 2.75 bits per heavy atom. The van der Waals surface area contributed by atoms with E-state index in [1.807, 2.05) is 32.0 Å². The average Bonchev–Trinajstić information content (AvgIpc) is 2.29. The first-order valence-electron chi connectivity index (χ1n) is 5.26. The second kappa shape index (κ2) is 3.70. The van der Waals surface area contributed by atoms with Gasteiger partial charge in [-0.1, -0.05) is 0 Å². The lowest BCUT2D eigenvalue weighted by Crippen LogP contribution is -2.32. The minimum atomic E-state index is -0.232. The molecule has 2 N–H and O–H groups in total. The van der Waals surface area contributed by atoms with Crippen LogP contribution in [0.25, 0.3) is 0 Å². The van der Waals surface area contributed by atoms with Gasteiger partial charge in [0.05, 0.1) is 18.5 Å². The highest BCUT2D eigenvalue weighted by Gasteiger charge is 2.26.